The minimum absolute atomic E-state index is 0.0907. The van der Waals surface area contributed by atoms with Crippen molar-refractivity contribution in [2.45, 2.75) is 6.42 Å². The van der Waals surface area contributed by atoms with Gasteiger partial charge in [-0.2, -0.15) is 0 Å². The van der Waals surface area contributed by atoms with Crippen LogP contribution in [-0.4, -0.2) is 10.2 Å². The first-order chi connectivity index (χ1) is 7.75. The first kappa shape index (κ1) is 9.09. The fourth-order valence-electron chi connectivity index (χ4n) is 1.93. The molecule has 2 aromatic carbocycles. The number of rotatable bonds is 0. The highest BCUT2D eigenvalue weighted by atomic mass is 16.5. The van der Waals surface area contributed by atoms with Gasteiger partial charge >= 0.3 is 0 Å². The third-order valence-corrected chi connectivity index (χ3v) is 2.78. The Morgan fingerprint density at radius 1 is 0.938 bits per heavy atom. The molecule has 80 valence electrons. The maximum absolute atomic E-state index is 9.74. The number of phenols is 2. The van der Waals surface area contributed by atoms with Crippen molar-refractivity contribution in [3.8, 4) is 23.0 Å². The van der Waals surface area contributed by atoms with Crippen LogP contribution in [0.2, 0.25) is 0 Å². The Morgan fingerprint density at radius 3 is 2.62 bits per heavy atom. The van der Waals surface area contributed by atoms with Gasteiger partial charge in [0.1, 0.15) is 11.5 Å². The van der Waals surface area contributed by atoms with Gasteiger partial charge in [0.2, 0.25) is 0 Å². The van der Waals surface area contributed by atoms with E-state index in [1.54, 1.807) is 6.07 Å². The van der Waals surface area contributed by atoms with Crippen molar-refractivity contribution < 1.29 is 14.9 Å². The molecular formula is C13H10O3. The van der Waals surface area contributed by atoms with Crippen LogP contribution in [0.1, 0.15) is 11.1 Å². The lowest BCUT2D eigenvalue weighted by Gasteiger charge is -2.20. The second kappa shape index (κ2) is 3.17. The van der Waals surface area contributed by atoms with Crippen LogP contribution in [-0.2, 0) is 6.42 Å². The molecule has 1 aliphatic rings. The fraction of sp³-hybridized carbons (Fsp3) is 0.0769. The van der Waals surface area contributed by atoms with Crippen LogP contribution in [0.5, 0.6) is 23.0 Å². The number of hydrogen-bond acceptors (Lipinski definition) is 3. The van der Waals surface area contributed by atoms with Gasteiger partial charge in [-0.05, 0) is 23.8 Å². The molecule has 0 atom stereocenters. The molecule has 0 bridgehead atoms. The number of para-hydroxylation sites is 1. The standard InChI is InChI=1S/C13H10O3/c14-10-5-6-12-9(13(10)15)7-8-3-1-2-4-11(8)16-12/h1-6,14-15H,7H2. The summed E-state index contributed by atoms with van der Waals surface area (Å²) in [6.45, 7) is 0. The van der Waals surface area contributed by atoms with E-state index < -0.39 is 0 Å². The van der Waals surface area contributed by atoms with Crippen LogP contribution in [0, 0.1) is 0 Å². The Hall–Kier alpha value is -2.16. The third-order valence-electron chi connectivity index (χ3n) is 2.78. The SMILES string of the molecule is Oc1ccc2c(c1O)Cc1ccccc1O2. The van der Waals surface area contributed by atoms with E-state index in [2.05, 4.69) is 0 Å². The maximum Gasteiger partial charge on any atom is 0.164 e. The van der Waals surface area contributed by atoms with Gasteiger partial charge in [0.05, 0.1) is 0 Å². The zero-order valence-electron chi connectivity index (χ0n) is 8.47. The molecule has 0 aromatic heterocycles. The molecule has 16 heavy (non-hydrogen) atoms. The van der Waals surface area contributed by atoms with Gasteiger partial charge < -0.3 is 14.9 Å². The van der Waals surface area contributed by atoms with Gasteiger partial charge in [-0.15, -0.1) is 0 Å². The average molecular weight is 214 g/mol. The molecule has 1 aliphatic heterocycles. The lowest BCUT2D eigenvalue weighted by Crippen LogP contribution is -2.02. The van der Waals surface area contributed by atoms with Gasteiger partial charge in [0.25, 0.3) is 0 Å². The summed E-state index contributed by atoms with van der Waals surface area (Å²) in [5.74, 6) is 1.21. The Balaban J connectivity index is 2.16. The molecule has 3 heteroatoms. The van der Waals surface area contributed by atoms with E-state index in [0.717, 1.165) is 11.3 Å². The van der Waals surface area contributed by atoms with Gasteiger partial charge in [-0.25, -0.2) is 0 Å². The highest BCUT2D eigenvalue weighted by Crippen LogP contribution is 2.43. The predicted octanol–water partition coefficient (Wildman–Crippen LogP) is 2.79. The van der Waals surface area contributed by atoms with Crippen molar-refractivity contribution in [3.05, 3.63) is 47.5 Å². The number of aromatic hydroxyl groups is 2. The topological polar surface area (TPSA) is 49.7 Å². The smallest absolute Gasteiger partial charge is 0.164 e. The van der Waals surface area contributed by atoms with Crippen LogP contribution >= 0.6 is 0 Å². The number of ether oxygens (including phenoxy) is 1. The molecule has 0 radical (unpaired) electrons. The molecule has 0 fully saturated rings. The monoisotopic (exact) mass is 214 g/mol. The highest BCUT2D eigenvalue weighted by Gasteiger charge is 2.21. The molecule has 3 nitrogen and oxygen atoms in total. The molecule has 2 aromatic rings. The lowest BCUT2D eigenvalue weighted by molar-refractivity contribution is 0.388. The fourth-order valence-corrected chi connectivity index (χ4v) is 1.93. The first-order valence-corrected chi connectivity index (χ1v) is 5.05. The summed E-state index contributed by atoms with van der Waals surface area (Å²) < 4.78 is 5.64. The van der Waals surface area contributed by atoms with E-state index in [1.165, 1.54) is 6.07 Å². The molecular weight excluding hydrogens is 204 g/mol. The van der Waals surface area contributed by atoms with Crippen LogP contribution in [0.3, 0.4) is 0 Å². The lowest BCUT2D eigenvalue weighted by atomic mass is 9.99. The van der Waals surface area contributed by atoms with Crippen molar-refractivity contribution in [1.29, 1.82) is 0 Å². The summed E-state index contributed by atoms with van der Waals surface area (Å²) in [5.41, 5.74) is 1.65. The Bertz CT molecular complexity index is 561. The van der Waals surface area contributed by atoms with E-state index in [9.17, 15) is 10.2 Å². The largest absolute Gasteiger partial charge is 0.504 e. The molecule has 0 amide bonds. The van der Waals surface area contributed by atoms with E-state index in [-0.39, 0.29) is 11.5 Å². The summed E-state index contributed by atoms with van der Waals surface area (Å²) in [6, 6.07) is 10.8. The molecule has 2 N–H and O–H groups in total. The second-order valence-electron chi connectivity index (χ2n) is 3.80. The average Bonchev–Trinajstić information content (AvgIpc) is 2.32. The number of fused-ring (bicyclic) bond motifs is 2. The van der Waals surface area contributed by atoms with Crippen LogP contribution < -0.4 is 4.74 Å². The molecule has 0 saturated heterocycles. The van der Waals surface area contributed by atoms with E-state index >= 15 is 0 Å². The van der Waals surface area contributed by atoms with Gasteiger partial charge in [0.15, 0.2) is 11.5 Å². The molecule has 0 spiro atoms. The summed E-state index contributed by atoms with van der Waals surface area (Å²) in [5, 5.41) is 19.2. The normalized spacial score (nSPS) is 12.5. The molecule has 1 heterocycles. The first-order valence-electron chi connectivity index (χ1n) is 5.05. The van der Waals surface area contributed by atoms with Crippen molar-refractivity contribution in [3.63, 3.8) is 0 Å². The summed E-state index contributed by atoms with van der Waals surface area (Å²) in [4.78, 5) is 0. The zero-order valence-corrected chi connectivity index (χ0v) is 8.47. The molecule has 3 rings (SSSR count). The Morgan fingerprint density at radius 2 is 1.75 bits per heavy atom. The van der Waals surface area contributed by atoms with E-state index in [4.69, 9.17) is 4.74 Å². The summed E-state index contributed by atoms with van der Waals surface area (Å²) in [7, 11) is 0. The minimum atomic E-state index is -0.110. The van der Waals surface area contributed by atoms with Crippen LogP contribution in [0.15, 0.2) is 36.4 Å². The van der Waals surface area contributed by atoms with Gasteiger partial charge in [0, 0.05) is 12.0 Å². The summed E-state index contributed by atoms with van der Waals surface area (Å²) in [6.07, 6.45) is 0.575. The van der Waals surface area contributed by atoms with Crippen LogP contribution in [0.25, 0.3) is 0 Å². The molecule has 0 aliphatic carbocycles. The summed E-state index contributed by atoms with van der Waals surface area (Å²) >= 11 is 0. The zero-order chi connectivity index (χ0) is 11.1. The van der Waals surface area contributed by atoms with E-state index in [0.29, 0.717) is 17.7 Å². The van der Waals surface area contributed by atoms with Gasteiger partial charge in [-0.3, -0.25) is 0 Å². The quantitative estimate of drug-likeness (QED) is 0.566. The van der Waals surface area contributed by atoms with Crippen LogP contribution in [0.4, 0.5) is 0 Å². The number of benzene rings is 2. The molecule has 0 unspecified atom stereocenters. The Kier molecular flexibility index (Phi) is 1.80. The van der Waals surface area contributed by atoms with Crippen molar-refractivity contribution in [2.75, 3.05) is 0 Å². The minimum Gasteiger partial charge on any atom is -0.504 e. The predicted molar refractivity (Wildman–Crippen MR) is 59.1 cm³/mol. The molecule has 0 saturated carbocycles. The third kappa shape index (κ3) is 1.21. The van der Waals surface area contributed by atoms with Crippen molar-refractivity contribution in [2.24, 2.45) is 0 Å². The second-order valence-corrected chi connectivity index (χ2v) is 3.80. The van der Waals surface area contributed by atoms with Crippen molar-refractivity contribution >= 4 is 0 Å². The van der Waals surface area contributed by atoms with Crippen molar-refractivity contribution in [1.82, 2.24) is 0 Å². The highest BCUT2D eigenvalue weighted by molar-refractivity contribution is 5.58. The Labute approximate surface area is 92.5 Å². The van der Waals surface area contributed by atoms with E-state index in [1.807, 2.05) is 24.3 Å². The van der Waals surface area contributed by atoms with Gasteiger partial charge in [-0.1, -0.05) is 18.2 Å². The number of hydrogen-bond donors (Lipinski definition) is 2. The number of phenolic OH excluding ortho intramolecular Hbond substituents is 2. The maximum atomic E-state index is 9.74.